The third kappa shape index (κ3) is 5.04. The summed E-state index contributed by atoms with van der Waals surface area (Å²) in [4.78, 5) is 5.49. The van der Waals surface area contributed by atoms with E-state index in [4.69, 9.17) is 0 Å². The fourth-order valence-corrected chi connectivity index (χ4v) is 4.38. The number of sulfone groups is 1. The van der Waals surface area contributed by atoms with E-state index in [9.17, 15) is 8.42 Å². The summed E-state index contributed by atoms with van der Waals surface area (Å²) in [5.41, 5.74) is 0.940. The quantitative estimate of drug-likeness (QED) is 0.837. The van der Waals surface area contributed by atoms with Gasteiger partial charge in [-0.05, 0) is 13.3 Å². The minimum atomic E-state index is -2.99. The van der Waals surface area contributed by atoms with Gasteiger partial charge in [0, 0.05) is 17.5 Å². The zero-order valence-corrected chi connectivity index (χ0v) is 13.1. The van der Waals surface area contributed by atoms with Gasteiger partial charge in [0.2, 0.25) is 0 Å². The fourth-order valence-electron chi connectivity index (χ4n) is 1.58. The largest absolute Gasteiger partial charge is 0.310 e. The lowest BCUT2D eigenvalue weighted by atomic mass is 10.3. The second-order valence-corrected chi connectivity index (χ2v) is 8.10. The van der Waals surface area contributed by atoms with Crippen molar-refractivity contribution in [3.8, 4) is 0 Å². The second kappa shape index (κ2) is 6.63. The van der Waals surface area contributed by atoms with Gasteiger partial charge in [-0.2, -0.15) is 0 Å². The number of hydrogen-bond acceptors (Lipinski definition) is 5. The number of nitrogens with zero attached hydrogens (tertiary/aromatic N) is 1. The van der Waals surface area contributed by atoms with Crippen molar-refractivity contribution < 1.29 is 8.42 Å². The first kappa shape index (κ1) is 15.6. The van der Waals surface area contributed by atoms with Crippen LogP contribution in [0.25, 0.3) is 0 Å². The molecule has 18 heavy (non-hydrogen) atoms. The van der Waals surface area contributed by atoms with E-state index in [1.54, 1.807) is 0 Å². The molecule has 0 spiro atoms. The summed E-state index contributed by atoms with van der Waals surface area (Å²) in [5, 5.41) is 4.03. The van der Waals surface area contributed by atoms with Gasteiger partial charge in [-0.3, -0.25) is 0 Å². The van der Waals surface area contributed by atoms with Crippen LogP contribution in [0.3, 0.4) is 0 Å². The Morgan fingerprint density at radius 2 is 2.06 bits per heavy atom. The van der Waals surface area contributed by atoms with E-state index in [1.807, 2.05) is 13.8 Å². The molecule has 0 radical (unpaired) electrons. The Labute approximate surface area is 114 Å². The average Bonchev–Trinajstić information content (AvgIpc) is 2.54. The van der Waals surface area contributed by atoms with Crippen molar-refractivity contribution in [1.29, 1.82) is 0 Å². The van der Waals surface area contributed by atoms with Crippen molar-refractivity contribution in [2.75, 3.05) is 5.75 Å². The number of aromatic nitrogens is 1. The van der Waals surface area contributed by atoms with E-state index in [0.717, 1.165) is 17.1 Å². The molecule has 0 saturated heterocycles. The molecule has 0 bridgehead atoms. The van der Waals surface area contributed by atoms with E-state index < -0.39 is 9.84 Å². The Hall–Kier alpha value is -0.460. The number of hydrogen-bond donors (Lipinski definition) is 1. The molecule has 104 valence electrons. The molecule has 0 amide bonds. The van der Waals surface area contributed by atoms with Crippen LogP contribution in [0.2, 0.25) is 0 Å². The Bertz CT molecular complexity index is 478. The van der Waals surface area contributed by atoms with E-state index >= 15 is 0 Å². The molecule has 4 nitrogen and oxygen atoms in total. The highest BCUT2D eigenvalue weighted by Gasteiger charge is 2.15. The lowest BCUT2D eigenvalue weighted by molar-refractivity contribution is 0.591. The lowest BCUT2D eigenvalue weighted by Crippen LogP contribution is -2.21. The number of rotatable bonds is 7. The number of aryl methyl sites for hydroxylation is 1. The van der Waals surface area contributed by atoms with Crippen LogP contribution >= 0.6 is 11.3 Å². The zero-order valence-electron chi connectivity index (χ0n) is 11.5. The van der Waals surface area contributed by atoms with Gasteiger partial charge in [0.1, 0.15) is 10.8 Å². The monoisotopic (exact) mass is 290 g/mol. The standard InChI is InChI=1S/C12H22N2O2S2/c1-5-6-18(15,16)8-12-14-10(4)11(17-12)7-13-9(2)3/h9,13H,5-8H2,1-4H3. The molecule has 6 heteroatoms. The molecular weight excluding hydrogens is 268 g/mol. The number of thiazole rings is 1. The summed E-state index contributed by atoms with van der Waals surface area (Å²) in [5.74, 6) is 0.319. The smallest absolute Gasteiger partial charge is 0.156 e. The van der Waals surface area contributed by atoms with Gasteiger partial charge in [-0.25, -0.2) is 13.4 Å². The first-order chi connectivity index (χ1) is 8.34. The Kier molecular flexibility index (Phi) is 5.75. The molecule has 0 saturated carbocycles. The molecule has 0 aliphatic carbocycles. The van der Waals surface area contributed by atoms with Gasteiger partial charge in [-0.15, -0.1) is 11.3 Å². The molecule has 0 atom stereocenters. The minimum absolute atomic E-state index is 0.0774. The van der Waals surface area contributed by atoms with Gasteiger partial charge < -0.3 is 5.32 Å². The third-order valence-corrected chi connectivity index (χ3v) is 5.55. The zero-order chi connectivity index (χ0) is 13.8. The van der Waals surface area contributed by atoms with Crippen molar-refractivity contribution >= 4 is 21.2 Å². The van der Waals surface area contributed by atoms with E-state index in [1.165, 1.54) is 11.3 Å². The summed E-state index contributed by atoms with van der Waals surface area (Å²) in [6.45, 7) is 8.74. The Morgan fingerprint density at radius 3 is 2.61 bits per heavy atom. The minimum Gasteiger partial charge on any atom is -0.310 e. The van der Waals surface area contributed by atoms with Gasteiger partial charge in [-0.1, -0.05) is 20.8 Å². The maximum Gasteiger partial charge on any atom is 0.156 e. The Balaban J connectivity index is 2.72. The van der Waals surface area contributed by atoms with Gasteiger partial charge in [0.25, 0.3) is 0 Å². The van der Waals surface area contributed by atoms with Crippen LogP contribution in [0.15, 0.2) is 0 Å². The van der Waals surface area contributed by atoms with Gasteiger partial charge >= 0.3 is 0 Å². The number of nitrogens with one attached hydrogen (secondary N) is 1. The molecule has 0 aliphatic heterocycles. The molecule has 1 rings (SSSR count). The van der Waals surface area contributed by atoms with Crippen molar-refractivity contribution in [3.63, 3.8) is 0 Å². The molecule has 1 N–H and O–H groups in total. The van der Waals surface area contributed by atoms with Crippen LogP contribution in [-0.2, 0) is 22.1 Å². The lowest BCUT2D eigenvalue weighted by Gasteiger charge is -2.05. The first-order valence-corrected chi connectivity index (χ1v) is 8.87. The van der Waals surface area contributed by atoms with Gasteiger partial charge in [0.15, 0.2) is 9.84 Å². The van der Waals surface area contributed by atoms with Crippen molar-refractivity contribution in [2.24, 2.45) is 0 Å². The predicted molar refractivity (Wildman–Crippen MR) is 76.6 cm³/mol. The molecule has 0 aliphatic rings. The fraction of sp³-hybridized carbons (Fsp3) is 0.750. The van der Waals surface area contributed by atoms with Crippen LogP contribution < -0.4 is 5.32 Å². The van der Waals surface area contributed by atoms with Crippen LogP contribution in [0.1, 0.15) is 42.8 Å². The third-order valence-electron chi connectivity index (χ3n) is 2.47. The van der Waals surface area contributed by atoms with Crippen molar-refractivity contribution in [1.82, 2.24) is 10.3 Å². The molecule has 1 aromatic heterocycles. The molecule has 1 aromatic rings. The summed E-state index contributed by atoms with van der Waals surface area (Å²) >= 11 is 1.50. The molecule has 1 heterocycles. The summed E-state index contributed by atoms with van der Waals surface area (Å²) in [7, 11) is -2.99. The van der Waals surface area contributed by atoms with E-state index in [2.05, 4.69) is 24.1 Å². The first-order valence-electron chi connectivity index (χ1n) is 6.23. The predicted octanol–water partition coefficient (Wildman–Crippen LogP) is 2.27. The van der Waals surface area contributed by atoms with E-state index in [0.29, 0.717) is 17.5 Å². The maximum absolute atomic E-state index is 11.7. The average molecular weight is 290 g/mol. The van der Waals surface area contributed by atoms with E-state index in [-0.39, 0.29) is 11.5 Å². The molecule has 0 fully saturated rings. The maximum atomic E-state index is 11.7. The summed E-state index contributed by atoms with van der Waals surface area (Å²) < 4.78 is 23.5. The van der Waals surface area contributed by atoms with Gasteiger partial charge in [0.05, 0.1) is 11.4 Å². The molecule has 0 aromatic carbocycles. The highest BCUT2D eigenvalue weighted by molar-refractivity contribution is 7.90. The van der Waals surface area contributed by atoms with Crippen LogP contribution in [-0.4, -0.2) is 25.2 Å². The van der Waals surface area contributed by atoms with Crippen LogP contribution in [0, 0.1) is 6.92 Å². The second-order valence-electron chi connectivity index (χ2n) is 4.74. The van der Waals surface area contributed by atoms with Crippen LogP contribution in [0.5, 0.6) is 0 Å². The summed E-state index contributed by atoms with van der Waals surface area (Å²) in [6, 6.07) is 0.416. The summed E-state index contributed by atoms with van der Waals surface area (Å²) in [6.07, 6.45) is 0.661. The topological polar surface area (TPSA) is 59.1 Å². The van der Waals surface area contributed by atoms with Crippen molar-refractivity contribution in [2.45, 2.75) is 52.5 Å². The molecular formula is C12H22N2O2S2. The van der Waals surface area contributed by atoms with Crippen LogP contribution in [0.4, 0.5) is 0 Å². The normalized spacial score (nSPS) is 12.3. The highest BCUT2D eigenvalue weighted by Crippen LogP contribution is 2.20. The SMILES string of the molecule is CCCS(=O)(=O)Cc1nc(C)c(CNC(C)C)s1. The highest BCUT2D eigenvalue weighted by atomic mass is 32.2. The van der Waals surface area contributed by atoms with Crippen molar-refractivity contribution in [3.05, 3.63) is 15.6 Å². The molecule has 0 unspecified atom stereocenters. The Morgan fingerprint density at radius 1 is 1.39 bits per heavy atom.